The largest absolute Gasteiger partial charge is 0.343 e. The summed E-state index contributed by atoms with van der Waals surface area (Å²) in [5.41, 5.74) is 2.57. The summed E-state index contributed by atoms with van der Waals surface area (Å²) >= 11 is 1.66. The quantitative estimate of drug-likeness (QED) is 0.824. The van der Waals surface area contributed by atoms with E-state index in [1.54, 1.807) is 11.8 Å². The Balaban J connectivity index is 1.66. The molecule has 0 saturated carbocycles. The van der Waals surface area contributed by atoms with Gasteiger partial charge in [-0.1, -0.05) is 45.0 Å². The fraction of sp³-hybridized carbons (Fsp3) is 0.600. The van der Waals surface area contributed by atoms with Crippen molar-refractivity contribution >= 4 is 23.6 Å². The molecule has 4 nitrogen and oxygen atoms in total. The van der Waals surface area contributed by atoms with Crippen LogP contribution in [0.2, 0.25) is 0 Å². The predicted molar refractivity (Wildman–Crippen MR) is 102 cm³/mol. The van der Waals surface area contributed by atoms with Crippen molar-refractivity contribution in [2.75, 3.05) is 25.4 Å². The van der Waals surface area contributed by atoms with Crippen LogP contribution in [-0.4, -0.2) is 47.0 Å². The van der Waals surface area contributed by atoms with Gasteiger partial charge in [-0.25, -0.2) is 0 Å². The lowest BCUT2D eigenvalue weighted by Gasteiger charge is -2.26. The van der Waals surface area contributed by atoms with Gasteiger partial charge in [0, 0.05) is 26.1 Å². The van der Waals surface area contributed by atoms with E-state index in [-0.39, 0.29) is 22.6 Å². The molecule has 1 aromatic carbocycles. The average molecular weight is 361 g/mol. The maximum Gasteiger partial charge on any atom is 0.233 e. The molecule has 0 N–H and O–H groups in total. The van der Waals surface area contributed by atoms with Gasteiger partial charge in [0.1, 0.15) is 5.37 Å². The summed E-state index contributed by atoms with van der Waals surface area (Å²) in [5.74, 6) is 0.831. The second-order valence-corrected chi connectivity index (χ2v) is 9.03. The molecular formula is C20H28N2O2S. The Morgan fingerprint density at radius 2 is 1.80 bits per heavy atom. The standard InChI is InChI=1S/C20H28N2O2S/c1-20(2,3)16-8-6-15(7-9-16)19-22(18(24)14-25-19)13-10-17(23)21-11-4-5-12-21/h6-9,19H,4-5,10-14H2,1-3H3. The highest BCUT2D eigenvalue weighted by atomic mass is 32.2. The summed E-state index contributed by atoms with van der Waals surface area (Å²) in [5, 5.41) is 0.0351. The van der Waals surface area contributed by atoms with Gasteiger partial charge in [-0.15, -0.1) is 11.8 Å². The Morgan fingerprint density at radius 1 is 1.16 bits per heavy atom. The van der Waals surface area contributed by atoms with Crippen molar-refractivity contribution in [3.63, 3.8) is 0 Å². The number of benzene rings is 1. The molecule has 25 heavy (non-hydrogen) atoms. The molecule has 0 radical (unpaired) electrons. The number of thioether (sulfide) groups is 1. The van der Waals surface area contributed by atoms with Crippen molar-refractivity contribution in [2.24, 2.45) is 0 Å². The van der Waals surface area contributed by atoms with E-state index in [4.69, 9.17) is 0 Å². The van der Waals surface area contributed by atoms with Gasteiger partial charge in [0.25, 0.3) is 0 Å². The minimum atomic E-state index is 0.0351. The van der Waals surface area contributed by atoms with E-state index in [1.165, 1.54) is 5.56 Å². The lowest BCUT2D eigenvalue weighted by molar-refractivity contribution is -0.132. The number of hydrogen-bond acceptors (Lipinski definition) is 3. The first-order valence-corrected chi connectivity index (χ1v) is 10.2. The van der Waals surface area contributed by atoms with Crippen LogP contribution in [0.25, 0.3) is 0 Å². The molecule has 2 aliphatic heterocycles. The molecule has 136 valence electrons. The van der Waals surface area contributed by atoms with Crippen molar-refractivity contribution < 1.29 is 9.59 Å². The first kappa shape index (κ1) is 18.3. The van der Waals surface area contributed by atoms with Gasteiger partial charge in [0.15, 0.2) is 0 Å². The molecule has 2 fully saturated rings. The van der Waals surface area contributed by atoms with Gasteiger partial charge in [-0.2, -0.15) is 0 Å². The van der Waals surface area contributed by atoms with Gasteiger partial charge in [0.2, 0.25) is 11.8 Å². The van der Waals surface area contributed by atoms with Gasteiger partial charge in [-0.3, -0.25) is 9.59 Å². The van der Waals surface area contributed by atoms with Gasteiger partial charge in [-0.05, 0) is 29.4 Å². The lowest BCUT2D eigenvalue weighted by atomic mass is 9.86. The summed E-state index contributed by atoms with van der Waals surface area (Å²) in [6, 6.07) is 8.58. The highest BCUT2D eigenvalue weighted by molar-refractivity contribution is 8.00. The molecule has 5 heteroatoms. The van der Waals surface area contributed by atoms with E-state index < -0.39 is 0 Å². The van der Waals surface area contributed by atoms with Crippen LogP contribution in [0.15, 0.2) is 24.3 Å². The molecule has 1 atom stereocenters. The van der Waals surface area contributed by atoms with E-state index in [9.17, 15) is 9.59 Å². The van der Waals surface area contributed by atoms with Crippen molar-refractivity contribution in [2.45, 2.75) is 50.8 Å². The van der Waals surface area contributed by atoms with Gasteiger partial charge in [0.05, 0.1) is 5.75 Å². The van der Waals surface area contributed by atoms with Crippen molar-refractivity contribution in [1.82, 2.24) is 9.80 Å². The maximum absolute atomic E-state index is 12.3. The third-order valence-corrected chi connectivity index (χ3v) is 6.31. The summed E-state index contributed by atoms with van der Waals surface area (Å²) < 4.78 is 0. The van der Waals surface area contributed by atoms with E-state index in [0.717, 1.165) is 31.5 Å². The van der Waals surface area contributed by atoms with Crippen LogP contribution in [0.4, 0.5) is 0 Å². The molecule has 0 aliphatic carbocycles. The maximum atomic E-state index is 12.3. The number of likely N-dealkylation sites (tertiary alicyclic amines) is 1. The highest BCUT2D eigenvalue weighted by Crippen LogP contribution is 2.39. The molecule has 2 heterocycles. The van der Waals surface area contributed by atoms with Crippen LogP contribution in [0.5, 0.6) is 0 Å². The molecule has 0 aromatic heterocycles. The number of rotatable bonds is 4. The van der Waals surface area contributed by atoms with E-state index >= 15 is 0 Å². The van der Waals surface area contributed by atoms with Crippen LogP contribution in [-0.2, 0) is 15.0 Å². The lowest BCUT2D eigenvalue weighted by Crippen LogP contribution is -2.34. The fourth-order valence-electron chi connectivity index (χ4n) is 3.46. The third kappa shape index (κ3) is 4.20. The van der Waals surface area contributed by atoms with Crippen LogP contribution >= 0.6 is 11.8 Å². The smallest absolute Gasteiger partial charge is 0.233 e. The van der Waals surface area contributed by atoms with Crippen LogP contribution in [0.3, 0.4) is 0 Å². The molecular weight excluding hydrogens is 332 g/mol. The van der Waals surface area contributed by atoms with Crippen molar-refractivity contribution in [1.29, 1.82) is 0 Å². The molecule has 0 bridgehead atoms. The summed E-state index contributed by atoms with van der Waals surface area (Å²) in [4.78, 5) is 28.4. The zero-order valence-electron chi connectivity index (χ0n) is 15.5. The minimum Gasteiger partial charge on any atom is -0.343 e. The van der Waals surface area contributed by atoms with Crippen LogP contribution < -0.4 is 0 Å². The van der Waals surface area contributed by atoms with E-state index in [0.29, 0.717) is 18.7 Å². The normalized spacial score (nSPS) is 21.2. The van der Waals surface area contributed by atoms with E-state index in [1.807, 2.05) is 9.80 Å². The molecule has 1 aromatic rings. The zero-order chi connectivity index (χ0) is 18.0. The molecule has 1 unspecified atom stereocenters. The first-order chi connectivity index (χ1) is 11.9. The summed E-state index contributed by atoms with van der Waals surface area (Å²) in [7, 11) is 0. The second kappa shape index (κ2) is 7.40. The fourth-order valence-corrected chi connectivity index (χ4v) is 4.68. The molecule has 2 amide bonds. The number of nitrogens with zero attached hydrogens (tertiary/aromatic N) is 2. The minimum absolute atomic E-state index is 0.0351. The van der Waals surface area contributed by atoms with E-state index in [2.05, 4.69) is 45.0 Å². The van der Waals surface area contributed by atoms with Crippen LogP contribution in [0.1, 0.15) is 56.5 Å². The highest BCUT2D eigenvalue weighted by Gasteiger charge is 2.33. The third-order valence-electron chi connectivity index (χ3n) is 5.06. The number of amides is 2. The van der Waals surface area contributed by atoms with Gasteiger partial charge >= 0.3 is 0 Å². The second-order valence-electron chi connectivity index (χ2n) is 7.96. The number of carbonyl (C=O) groups is 2. The Labute approximate surface area is 154 Å². The average Bonchev–Trinajstić information content (AvgIpc) is 3.22. The van der Waals surface area contributed by atoms with Crippen LogP contribution in [0, 0.1) is 0 Å². The molecule has 3 rings (SSSR count). The van der Waals surface area contributed by atoms with Crippen molar-refractivity contribution in [3.8, 4) is 0 Å². The Hall–Kier alpha value is -1.49. The summed E-state index contributed by atoms with van der Waals surface area (Å²) in [6.07, 6.45) is 2.64. The molecule has 2 aliphatic rings. The number of carbonyl (C=O) groups excluding carboxylic acids is 2. The predicted octanol–water partition coefficient (Wildman–Crippen LogP) is 3.57. The topological polar surface area (TPSA) is 40.6 Å². The number of hydrogen-bond donors (Lipinski definition) is 0. The first-order valence-electron chi connectivity index (χ1n) is 9.15. The Kier molecular flexibility index (Phi) is 5.42. The summed E-state index contributed by atoms with van der Waals surface area (Å²) in [6.45, 7) is 8.87. The monoisotopic (exact) mass is 360 g/mol. The molecule has 0 spiro atoms. The molecule has 2 saturated heterocycles. The SMILES string of the molecule is CC(C)(C)c1ccc(C2SCC(=O)N2CCC(=O)N2CCCC2)cc1. The Morgan fingerprint density at radius 3 is 2.40 bits per heavy atom. The zero-order valence-corrected chi connectivity index (χ0v) is 16.3. The van der Waals surface area contributed by atoms with Crippen molar-refractivity contribution in [3.05, 3.63) is 35.4 Å². The van der Waals surface area contributed by atoms with Gasteiger partial charge < -0.3 is 9.80 Å². The Bertz CT molecular complexity index is 630.